The van der Waals surface area contributed by atoms with Crippen molar-refractivity contribution >= 4 is 22.7 Å². The van der Waals surface area contributed by atoms with Gasteiger partial charge in [-0.15, -0.1) is 0 Å². The number of anilines is 2. The van der Waals surface area contributed by atoms with Gasteiger partial charge in [0, 0.05) is 43.8 Å². The monoisotopic (exact) mass is 482 g/mol. The van der Waals surface area contributed by atoms with Crippen LogP contribution in [0.1, 0.15) is 17.5 Å². The van der Waals surface area contributed by atoms with Crippen LogP contribution in [0.4, 0.5) is 11.5 Å². The van der Waals surface area contributed by atoms with Gasteiger partial charge >= 0.3 is 0 Å². The molecule has 5 aromatic rings. The van der Waals surface area contributed by atoms with E-state index in [1.807, 2.05) is 54.2 Å². The Kier molecular flexibility index (Phi) is 4.90. The first-order valence-electron chi connectivity index (χ1n) is 12.2. The van der Waals surface area contributed by atoms with Crippen LogP contribution >= 0.6 is 0 Å². The van der Waals surface area contributed by atoms with E-state index in [1.165, 1.54) is 11.9 Å². The van der Waals surface area contributed by atoms with E-state index in [4.69, 9.17) is 4.74 Å². The lowest BCUT2D eigenvalue weighted by atomic mass is 9.68. The highest BCUT2D eigenvalue weighted by Crippen LogP contribution is 2.40. The summed E-state index contributed by atoms with van der Waals surface area (Å²) in [6, 6.07) is 11.8. The molecule has 3 fully saturated rings. The predicted molar refractivity (Wildman–Crippen MR) is 133 cm³/mol. The van der Waals surface area contributed by atoms with Crippen molar-refractivity contribution in [2.45, 2.75) is 26.0 Å². The van der Waals surface area contributed by atoms with Crippen molar-refractivity contribution in [3.63, 3.8) is 0 Å². The van der Waals surface area contributed by atoms with Crippen molar-refractivity contribution in [3.05, 3.63) is 72.6 Å². The molecule has 1 aliphatic carbocycles. The molecule has 10 heteroatoms. The average Bonchev–Trinajstić information content (AvgIpc) is 3.53. The number of aliphatic hydroxyl groups excluding tert-OH is 1. The van der Waals surface area contributed by atoms with Crippen LogP contribution in [0.2, 0.25) is 0 Å². The summed E-state index contributed by atoms with van der Waals surface area (Å²) in [5, 5.41) is 22.1. The SMILES string of the molecule is Cc1cc(Nc2ncnn3ccc(CN4C[C@H]5C[C@@H](C4)[C@H]5O)c23)ccc1Oc1ccn2ncnc2c1. The Morgan fingerprint density at radius 3 is 2.64 bits per heavy atom. The standard InChI is InChI=1S/C26H26N8O2/c1-16-8-20(2-3-22(16)36-21-5-7-33-23(10-21)27-14-29-33)31-26-24-17(4-6-34(24)30-15-28-26)11-32-12-18-9-19(13-32)25(18)35/h2-8,10,14-15,18-19,25,35H,9,11-13H2,1H3,(H,28,30,31)/t18-,19+,25+. The third kappa shape index (κ3) is 3.66. The van der Waals surface area contributed by atoms with Crippen LogP contribution in [0.25, 0.3) is 11.2 Å². The molecule has 3 atom stereocenters. The number of pyridine rings is 1. The lowest BCUT2D eigenvalue weighted by molar-refractivity contribution is -0.109. The number of piperidine rings is 2. The van der Waals surface area contributed by atoms with Gasteiger partial charge in [-0.05, 0) is 66.6 Å². The molecule has 6 heterocycles. The molecule has 3 aliphatic rings. The molecule has 10 nitrogen and oxygen atoms in total. The smallest absolute Gasteiger partial charge is 0.158 e. The molecule has 0 radical (unpaired) electrons. The second-order valence-corrected chi connectivity index (χ2v) is 9.82. The van der Waals surface area contributed by atoms with Gasteiger partial charge in [0.05, 0.1) is 6.10 Å². The summed E-state index contributed by atoms with van der Waals surface area (Å²) < 4.78 is 9.68. The molecule has 2 N–H and O–H groups in total. The molecule has 0 unspecified atom stereocenters. The van der Waals surface area contributed by atoms with E-state index in [0.29, 0.717) is 17.6 Å². The highest BCUT2D eigenvalue weighted by atomic mass is 16.5. The van der Waals surface area contributed by atoms with E-state index < -0.39 is 0 Å². The predicted octanol–water partition coefficient (Wildman–Crippen LogP) is 3.43. The molecule has 1 aromatic carbocycles. The minimum atomic E-state index is -0.117. The zero-order valence-electron chi connectivity index (χ0n) is 19.8. The van der Waals surface area contributed by atoms with Crippen LogP contribution in [0, 0.1) is 18.8 Å². The summed E-state index contributed by atoms with van der Waals surface area (Å²) in [6.45, 7) is 4.72. The molecule has 2 aliphatic heterocycles. The first-order valence-corrected chi connectivity index (χ1v) is 12.2. The number of benzene rings is 1. The minimum absolute atomic E-state index is 0.117. The van der Waals surface area contributed by atoms with Gasteiger partial charge in [0.25, 0.3) is 0 Å². The molecule has 8 rings (SSSR count). The average molecular weight is 483 g/mol. The fourth-order valence-corrected chi connectivity index (χ4v) is 5.53. The van der Waals surface area contributed by atoms with Crippen LogP contribution in [0.3, 0.4) is 0 Å². The zero-order chi connectivity index (χ0) is 24.2. The van der Waals surface area contributed by atoms with Crippen LogP contribution in [-0.2, 0) is 6.54 Å². The normalized spacial score (nSPS) is 21.6. The number of nitrogens with zero attached hydrogens (tertiary/aromatic N) is 7. The topological polar surface area (TPSA) is 105 Å². The van der Waals surface area contributed by atoms with E-state index >= 15 is 0 Å². The fourth-order valence-electron chi connectivity index (χ4n) is 5.53. The summed E-state index contributed by atoms with van der Waals surface area (Å²) in [5.41, 5.74) is 4.79. The molecular formula is C26H26N8O2. The van der Waals surface area contributed by atoms with Crippen molar-refractivity contribution in [2.24, 2.45) is 11.8 Å². The van der Waals surface area contributed by atoms with Crippen molar-refractivity contribution in [3.8, 4) is 11.5 Å². The Labute approximate surface area is 207 Å². The van der Waals surface area contributed by atoms with Crippen LogP contribution in [0.15, 0.2) is 61.4 Å². The Morgan fingerprint density at radius 1 is 1.00 bits per heavy atom. The third-order valence-electron chi connectivity index (χ3n) is 7.41. The Morgan fingerprint density at radius 2 is 1.81 bits per heavy atom. The van der Waals surface area contributed by atoms with Gasteiger partial charge in [-0.25, -0.2) is 19.0 Å². The number of fused-ring (bicyclic) bond motifs is 4. The lowest BCUT2D eigenvalue weighted by Crippen LogP contribution is -2.57. The quantitative estimate of drug-likeness (QED) is 0.379. The van der Waals surface area contributed by atoms with Crippen LogP contribution < -0.4 is 10.1 Å². The summed E-state index contributed by atoms with van der Waals surface area (Å²) >= 11 is 0. The van der Waals surface area contributed by atoms with Crippen molar-refractivity contribution in [2.75, 3.05) is 18.4 Å². The second-order valence-electron chi connectivity index (χ2n) is 9.82. The highest BCUT2D eigenvalue weighted by molar-refractivity contribution is 5.76. The van der Waals surface area contributed by atoms with Gasteiger partial charge in [-0.3, -0.25) is 4.90 Å². The van der Waals surface area contributed by atoms with Crippen molar-refractivity contribution < 1.29 is 9.84 Å². The molecule has 182 valence electrons. The minimum Gasteiger partial charge on any atom is -0.457 e. The summed E-state index contributed by atoms with van der Waals surface area (Å²) in [5.74, 6) is 3.06. The van der Waals surface area contributed by atoms with Gasteiger partial charge in [0.15, 0.2) is 11.5 Å². The van der Waals surface area contributed by atoms with E-state index in [-0.39, 0.29) is 6.10 Å². The number of aryl methyl sites for hydroxylation is 1. The van der Waals surface area contributed by atoms with Crippen LogP contribution in [0.5, 0.6) is 11.5 Å². The first kappa shape index (κ1) is 21.3. The van der Waals surface area contributed by atoms with E-state index in [2.05, 4.69) is 36.4 Å². The van der Waals surface area contributed by atoms with Gasteiger partial charge in [-0.2, -0.15) is 10.2 Å². The Bertz CT molecular complexity index is 1570. The van der Waals surface area contributed by atoms with Gasteiger partial charge < -0.3 is 15.2 Å². The number of hydrogen-bond donors (Lipinski definition) is 2. The molecule has 2 saturated heterocycles. The van der Waals surface area contributed by atoms with Gasteiger partial charge in [0.1, 0.15) is 29.7 Å². The number of aromatic nitrogens is 6. The first-order chi connectivity index (χ1) is 17.6. The highest BCUT2D eigenvalue weighted by Gasteiger charge is 2.45. The van der Waals surface area contributed by atoms with E-state index in [1.54, 1.807) is 10.8 Å². The van der Waals surface area contributed by atoms with Gasteiger partial charge in [0.2, 0.25) is 0 Å². The number of ether oxygens (including phenoxy) is 1. The molecule has 0 amide bonds. The molecular weight excluding hydrogens is 456 g/mol. The number of rotatable bonds is 6. The van der Waals surface area contributed by atoms with E-state index in [0.717, 1.165) is 60.0 Å². The Balaban J connectivity index is 1.11. The van der Waals surface area contributed by atoms with Gasteiger partial charge in [-0.1, -0.05) is 0 Å². The largest absolute Gasteiger partial charge is 0.457 e. The maximum Gasteiger partial charge on any atom is 0.158 e. The third-order valence-corrected chi connectivity index (χ3v) is 7.41. The number of hydrogen-bond acceptors (Lipinski definition) is 8. The van der Waals surface area contributed by atoms with E-state index in [9.17, 15) is 5.11 Å². The summed E-state index contributed by atoms with van der Waals surface area (Å²) in [6.07, 6.45) is 7.92. The number of aliphatic hydroxyl groups is 1. The summed E-state index contributed by atoms with van der Waals surface area (Å²) in [7, 11) is 0. The van der Waals surface area contributed by atoms with Crippen molar-refractivity contribution in [1.82, 2.24) is 34.1 Å². The maximum atomic E-state index is 10.1. The zero-order valence-corrected chi connectivity index (χ0v) is 19.8. The van der Waals surface area contributed by atoms with Crippen LogP contribution in [-0.4, -0.2) is 58.4 Å². The lowest BCUT2D eigenvalue weighted by Gasteiger charge is -2.51. The van der Waals surface area contributed by atoms with Crippen molar-refractivity contribution in [1.29, 1.82) is 0 Å². The second kappa shape index (κ2) is 8.28. The molecule has 36 heavy (non-hydrogen) atoms. The summed E-state index contributed by atoms with van der Waals surface area (Å²) in [4.78, 5) is 11.2. The number of nitrogens with one attached hydrogen (secondary N) is 1. The molecule has 1 saturated carbocycles. The molecule has 2 bridgehead atoms. The fraction of sp³-hybridized carbons (Fsp3) is 0.308. The maximum absolute atomic E-state index is 10.1. The molecule has 4 aromatic heterocycles. The Hall–Kier alpha value is -4.02. The molecule has 0 spiro atoms.